The van der Waals surface area contributed by atoms with E-state index in [0.717, 1.165) is 16.9 Å². The minimum absolute atomic E-state index is 0.0118. The number of anilines is 1. The van der Waals surface area contributed by atoms with Crippen LogP contribution in [0.5, 0.6) is 5.75 Å². The molecule has 0 spiro atoms. The van der Waals surface area contributed by atoms with Gasteiger partial charge in [0.2, 0.25) is 5.91 Å². The van der Waals surface area contributed by atoms with E-state index in [9.17, 15) is 9.90 Å². The highest BCUT2D eigenvalue weighted by atomic mass is 16.5. The zero-order valence-electron chi connectivity index (χ0n) is 13.1. The van der Waals surface area contributed by atoms with Crippen molar-refractivity contribution in [3.63, 3.8) is 0 Å². The number of nitrogens with one attached hydrogen (secondary N) is 1. The van der Waals surface area contributed by atoms with Gasteiger partial charge in [0, 0.05) is 5.69 Å². The molecule has 2 aromatic carbocycles. The zero-order chi connectivity index (χ0) is 16.2. The summed E-state index contributed by atoms with van der Waals surface area (Å²) in [6.45, 7) is 3.55. The number of amides is 1. The number of carbonyl (C=O) groups is 1. The molecule has 4 heteroatoms. The number of benzene rings is 2. The molecular weight excluding hydrogens is 278 g/mol. The first-order chi connectivity index (χ1) is 10.4. The third-order valence-corrected chi connectivity index (χ3v) is 3.58. The summed E-state index contributed by atoms with van der Waals surface area (Å²) in [5.41, 5.74) is 1.14. The minimum atomic E-state index is -1.20. The van der Waals surface area contributed by atoms with Crippen LogP contribution in [0, 0.1) is 6.92 Å². The maximum Gasteiger partial charge on any atom is 0.227 e. The van der Waals surface area contributed by atoms with E-state index in [4.69, 9.17) is 4.74 Å². The Hall–Kier alpha value is -2.33. The standard InChI is InChI=1S/C18H21NO3/c1-13-11-15(9-10-16(13)22-3)19-17(20)12-18(2,21)14-7-5-4-6-8-14/h4-11,21H,12H2,1-3H3,(H,19,20). The highest BCUT2D eigenvalue weighted by molar-refractivity contribution is 5.91. The molecule has 2 N–H and O–H groups in total. The first-order valence-electron chi connectivity index (χ1n) is 7.15. The SMILES string of the molecule is COc1ccc(NC(=O)CC(C)(O)c2ccccc2)cc1C. The average molecular weight is 299 g/mol. The number of hydrogen-bond donors (Lipinski definition) is 2. The van der Waals surface area contributed by atoms with Crippen LogP contribution in [0.1, 0.15) is 24.5 Å². The van der Waals surface area contributed by atoms with Crippen molar-refractivity contribution in [2.45, 2.75) is 25.9 Å². The number of aliphatic hydroxyl groups is 1. The molecule has 0 bridgehead atoms. The first-order valence-corrected chi connectivity index (χ1v) is 7.15. The largest absolute Gasteiger partial charge is 0.496 e. The van der Waals surface area contributed by atoms with Gasteiger partial charge in [-0.2, -0.15) is 0 Å². The van der Waals surface area contributed by atoms with E-state index in [1.165, 1.54) is 0 Å². The van der Waals surface area contributed by atoms with Crippen molar-refractivity contribution in [1.82, 2.24) is 0 Å². The van der Waals surface area contributed by atoms with E-state index in [2.05, 4.69) is 5.32 Å². The zero-order valence-corrected chi connectivity index (χ0v) is 13.1. The number of hydrogen-bond acceptors (Lipinski definition) is 3. The second-order valence-electron chi connectivity index (χ2n) is 5.55. The third-order valence-electron chi connectivity index (χ3n) is 3.58. The van der Waals surface area contributed by atoms with Crippen LogP contribution in [-0.2, 0) is 10.4 Å². The Morgan fingerprint density at radius 3 is 2.50 bits per heavy atom. The summed E-state index contributed by atoms with van der Waals surface area (Å²) in [6, 6.07) is 14.6. The minimum Gasteiger partial charge on any atom is -0.496 e. The summed E-state index contributed by atoms with van der Waals surface area (Å²) in [5, 5.41) is 13.3. The quantitative estimate of drug-likeness (QED) is 0.891. The summed E-state index contributed by atoms with van der Waals surface area (Å²) < 4.78 is 5.19. The number of methoxy groups -OCH3 is 1. The predicted octanol–water partition coefficient (Wildman–Crippen LogP) is 3.24. The van der Waals surface area contributed by atoms with Gasteiger partial charge in [0.05, 0.1) is 19.1 Å². The summed E-state index contributed by atoms with van der Waals surface area (Å²) in [6.07, 6.45) is -0.0118. The van der Waals surface area contributed by atoms with Gasteiger partial charge in [0.1, 0.15) is 5.75 Å². The summed E-state index contributed by atoms with van der Waals surface area (Å²) in [4.78, 5) is 12.2. The molecule has 1 atom stereocenters. The van der Waals surface area contributed by atoms with Crippen LogP contribution in [0.15, 0.2) is 48.5 Å². The summed E-state index contributed by atoms with van der Waals surface area (Å²) >= 11 is 0. The van der Waals surface area contributed by atoms with Gasteiger partial charge in [-0.25, -0.2) is 0 Å². The lowest BCUT2D eigenvalue weighted by Gasteiger charge is -2.23. The molecule has 0 aliphatic rings. The van der Waals surface area contributed by atoms with Gasteiger partial charge in [-0.1, -0.05) is 30.3 Å². The van der Waals surface area contributed by atoms with Crippen LogP contribution in [0.2, 0.25) is 0 Å². The maximum absolute atomic E-state index is 12.2. The van der Waals surface area contributed by atoms with Crippen LogP contribution >= 0.6 is 0 Å². The third kappa shape index (κ3) is 3.86. The fourth-order valence-electron chi connectivity index (χ4n) is 2.37. The van der Waals surface area contributed by atoms with Crippen molar-refractivity contribution < 1.29 is 14.6 Å². The molecule has 0 aliphatic carbocycles. The normalized spacial score (nSPS) is 13.3. The maximum atomic E-state index is 12.2. The molecule has 0 aromatic heterocycles. The van der Waals surface area contributed by atoms with Crippen molar-refractivity contribution in [3.05, 3.63) is 59.7 Å². The molecule has 0 radical (unpaired) electrons. The van der Waals surface area contributed by atoms with E-state index in [0.29, 0.717) is 5.69 Å². The fourth-order valence-corrected chi connectivity index (χ4v) is 2.37. The summed E-state index contributed by atoms with van der Waals surface area (Å²) in [5.74, 6) is 0.535. The van der Waals surface area contributed by atoms with Crippen molar-refractivity contribution in [1.29, 1.82) is 0 Å². The molecule has 0 saturated heterocycles. The monoisotopic (exact) mass is 299 g/mol. The van der Waals surface area contributed by atoms with Crippen LogP contribution < -0.4 is 10.1 Å². The van der Waals surface area contributed by atoms with Crippen LogP contribution in [0.25, 0.3) is 0 Å². The molecule has 0 heterocycles. The number of aryl methyl sites for hydroxylation is 1. The van der Waals surface area contributed by atoms with Crippen LogP contribution in [0.3, 0.4) is 0 Å². The van der Waals surface area contributed by atoms with Gasteiger partial charge in [-0.3, -0.25) is 4.79 Å². The Balaban J connectivity index is 2.05. The van der Waals surface area contributed by atoms with E-state index in [-0.39, 0.29) is 12.3 Å². The lowest BCUT2D eigenvalue weighted by molar-refractivity contribution is -0.120. The number of rotatable bonds is 5. The van der Waals surface area contributed by atoms with Crippen molar-refractivity contribution in [2.75, 3.05) is 12.4 Å². The molecule has 0 saturated carbocycles. The first kappa shape index (κ1) is 16.0. The molecule has 1 amide bonds. The molecule has 0 aliphatic heterocycles. The Bertz CT molecular complexity index is 651. The average Bonchev–Trinajstić information content (AvgIpc) is 2.47. The Labute approximate surface area is 130 Å². The molecule has 22 heavy (non-hydrogen) atoms. The van der Waals surface area contributed by atoms with E-state index >= 15 is 0 Å². The predicted molar refractivity (Wildman–Crippen MR) is 87.0 cm³/mol. The lowest BCUT2D eigenvalue weighted by Crippen LogP contribution is -2.28. The van der Waals surface area contributed by atoms with Gasteiger partial charge < -0.3 is 15.2 Å². The second kappa shape index (κ2) is 6.62. The molecule has 0 fully saturated rings. The highest BCUT2D eigenvalue weighted by Gasteiger charge is 2.26. The number of ether oxygens (including phenoxy) is 1. The highest BCUT2D eigenvalue weighted by Crippen LogP contribution is 2.26. The Kier molecular flexibility index (Phi) is 4.83. The van der Waals surface area contributed by atoms with Gasteiger partial charge >= 0.3 is 0 Å². The molecule has 2 aromatic rings. The van der Waals surface area contributed by atoms with Crippen LogP contribution in [0.4, 0.5) is 5.69 Å². The molecule has 1 unspecified atom stereocenters. The smallest absolute Gasteiger partial charge is 0.227 e. The van der Waals surface area contributed by atoms with Crippen molar-refractivity contribution in [2.24, 2.45) is 0 Å². The molecular formula is C18H21NO3. The van der Waals surface area contributed by atoms with Gasteiger partial charge in [0.15, 0.2) is 0 Å². The molecule has 116 valence electrons. The second-order valence-corrected chi connectivity index (χ2v) is 5.55. The van der Waals surface area contributed by atoms with Gasteiger partial charge in [-0.05, 0) is 43.2 Å². The lowest BCUT2D eigenvalue weighted by atomic mass is 9.92. The Morgan fingerprint density at radius 2 is 1.91 bits per heavy atom. The summed E-state index contributed by atoms with van der Waals surface area (Å²) in [7, 11) is 1.61. The topological polar surface area (TPSA) is 58.6 Å². The Morgan fingerprint density at radius 1 is 1.23 bits per heavy atom. The fraction of sp³-hybridized carbons (Fsp3) is 0.278. The van der Waals surface area contributed by atoms with E-state index < -0.39 is 5.60 Å². The molecule has 4 nitrogen and oxygen atoms in total. The van der Waals surface area contributed by atoms with Crippen molar-refractivity contribution in [3.8, 4) is 5.75 Å². The molecule has 2 rings (SSSR count). The van der Waals surface area contributed by atoms with Crippen molar-refractivity contribution >= 4 is 11.6 Å². The van der Waals surface area contributed by atoms with E-state index in [1.54, 1.807) is 26.2 Å². The van der Waals surface area contributed by atoms with Gasteiger partial charge in [0.25, 0.3) is 0 Å². The van der Waals surface area contributed by atoms with Crippen LogP contribution in [-0.4, -0.2) is 18.1 Å². The van der Waals surface area contributed by atoms with E-state index in [1.807, 2.05) is 43.3 Å². The van der Waals surface area contributed by atoms with Gasteiger partial charge in [-0.15, -0.1) is 0 Å². The number of carbonyl (C=O) groups excluding carboxylic acids is 1.